The van der Waals surface area contributed by atoms with Crippen LogP contribution in [0.1, 0.15) is 12.5 Å². The third-order valence-electron chi connectivity index (χ3n) is 1.66. The van der Waals surface area contributed by atoms with E-state index in [1.807, 2.05) is 6.92 Å². The number of halogens is 1. The van der Waals surface area contributed by atoms with Gasteiger partial charge in [0.25, 0.3) is 0 Å². The minimum atomic E-state index is -3.64. The van der Waals surface area contributed by atoms with E-state index in [1.165, 1.54) is 0 Å². The second-order valence-electron chi connectivity index (χ2n) is 3.12. The standard InChI is InChI=1S/C10H12ClNO4S/c1-3-15-9-6-4-8(5-7-9)10(11)12-16-17(2,13)14/h4-7H,3H2,1-2H3. The fourth-order valence-electron chi connectivity index (χ4n) is 1.01. The molecule has 94 valence electrons. The summed E-state index contributed by atoms with van der Waals surface area (Å²) < 4.78 is 30.9. The molecule has 0 atom stereocenters. The molecule has 5 nitrogen and oxygen atoms in total. The number of nitrogens with zero attached hydrogens (tertiary/aromatic N) is 1. The summed E-state index contributed by atoms with van der Waals surface area (Å²) >= 11 is 5.76. The summed E-state index contributed by atoms with van der Waals surface area (Å²) in [4.78, 5) is 0. The molecular formula is C10H12ClNO4S. The molecule has 0 aromatic heterocycles. The maximum atomic E-state index is 10.7. The Morgan fingerprint density at radius 2 is 1.94 bits per heavy atom. The third-order valence-corrected chi connectivity index (χ3v) is 2.29. The van der Waals surface area contributed by atoms with Crippen molar-refractivity contribution in [3.63, 3.8) is 0 Å². The predicted octanol–water partition coefficient (Wildman–Crippen LogP) is 1.96. The topological polar surface area (TPSA) is 65.0 Å². The molecule has 0 spiro atoms. The smallest absolute Gasteiger partial charge is 0.325 e. The zero-order valence-electron chi connectivity index (χ0n) is 9.38. The van der Waals surface area contributed by atoms with Gasteiger partial charge in [0.15, 0.2) is 5.17 Å². The first-order valence-corrected chi connectivity index (χ1v) is 6.97. The summed E-state index contributed by atoms with van der Waals surface area (Å²) in [5.74, 6) is 0.699. The van der Waals surface area contributed by atoms with Crippen molar-refractivity contribution >= 4 is 26.9 Å². The van der Waals surface area contributed by atoms with Crippen LogP contribution in [0.15, 0.2) is 29.4 Å². The molecule has 0 bridgehead atoms. The van der Waals surface area contributed by atoms with Crippen LogP contribution in [0.5, 0.6) is 5.75 Å². The van der Waals surface area contributed by atoms with Gasteiger partial charge < -0.3 is 4.74 Å². The number of ether oxygens (including phenoxy) is 1. The molecule has 0 radical (unpaired) electrons. The lowest BCUT2D eigenvalue weighted by atomic mass is 10.2. The highest BCUT2D eigenvalue weighted by Gasteiger charge is 2.04. The quantitative estimate of drug-likeness (QED) is 0.610. The summed E-state index contributed by atoms with van der Waals surface area (Å²) in [5, 5.41) is 3.25. The lowest BCUT2D eigenvalue weighted by molar-refractivity contribution is 0.340. The van der Waals surface area contributed by atoms with E-state index < -0.39 is 10.1 Å². The van der Waals surface area contributed by atoms with Crippen molar-refractivity contribution < 1.29 is 17.4 Å². The van der Waals surface area contributed by atoms with Gasteiger partial charge in [-0.1, -0.05) is 16.8 Å². The van der Waals surface area contributed by atoms with Gasteiger partial charge in [0.2, 0.25) is 0 Å². The van der Waals surface area contributed by atoms with Gasteiger partial charge in [-0.2, -0.15) is 8.42 Å². The highest BCUT2D eigenvalue weighted by Crippen LogP contribution is 2.14. The zero-order chi connectivity index (χ0) is 12.9. The van der Waals surface area contributed by atoms with Crippen molar-refractivity contribution in [1.82, 2.24) is 0 Å². The maximum absolute atomic E-state index is 10.7. The number of rotatable bonds is 5. The van der Waals surface area contributed by atoms with Crippen LogP contribution >= 0.6 is 11.6 Å². The number of oxime groups is 1. The van der Waals surface area contributed by atoms with Crippen LogP contribution < -0.4 is 4.74 Å². The van der Waals surface area contributed by atoms with E-state index in [-0.39, 0.29) is 5.17 Å². The van der Waals surface area contributed by atoms with Gasteiger partial charge in [-0.3, -0.25) is 4.28 Å². The number of hydrogen-bond acceptors (Lipinski definition) is 5. The molecule has 0 saturated heterocycles. The second-order valence-corrected chi connectivity index (χ2v) is 5.03. The average Bonchev–Trinajstić information content (AvgIpc) is 2.26. The monoisotopic (exact) mass is 277 g/mol. The van der Waals surface area contributed by atoms with E-state index in [0.29, 0.717) is 17.9 Å². The van der Waals surface area contributed by atoms with Crippen molar-refractivity contribution in [3.05, 3.63) is 29.8 Å². The highest BCUT2D eigenvalue weighted by molar-refractivity contribution is 7.85. The molecule has 0 aliphatic heterocycles. The number of benzene rings is 1. The molecule has 0 heterocycles. The van der Waals surface area contributed by atoms with Gasteiger partial charge in [0.1, 0.15) is 5.75 Å². The van der Waals surface area contributed by atoms with Crippen molar-refractivity contribution in [2.75, 3.05) is 12.9 Å². The fraction of sp³-hybridized carbons (Fsp3) is 0.300. The molecule has 0 saturated carbocycles. The molecule has 0 aliphatic carbocycles. The van der Waals surface area contributed by atoms with Gasteiger partial charge in [0.05, 0.1) is 12.9 Å². The van der Waals surface area contributed by atoms with E-state index in [2.05, 4.69) is 9.44 Å². The zero-order valence-corrected chi connectivity index (χ0v) is 11.0. The summed E-state index contributed by atoms with van der Waals surface area (Å²) in [7, 11) is -3.64. The van der Waals surface area contributed by atoms with Crippen molar-refractivity contribution in [1.29, 1.82) is 0 Å². The van der Waals surface area contributed by atoms with Crippen LogP contribution in [-0.4, -0.2) is 26.5 Å². The predicted molar refractivity (Wildman–Crippen MR) is 65.9 cm³/mol. The fourth-order valence-corrected chi connectivity index (χ4v) is 1.42. The highest BCUT2D eigenvalue weighted by atomic mass is 35.5. The molecule has 1 aromatic carbocycles. The Hall–Kier alpha value is -1.27. The lowest BCUT2D eigenvalue weighted by Gasteiger charge is -2.03. The molecule has 0 unspecified atom stereocenters. The van der Waals surface area contributed by atoms with Gasteiger partial charge in [-0.15, -0.1) is 0 Å². The SMILES string of the molecule is CCOc1ccc(C(Cl)=NOS(C)(=O)=O)cc1. The van der Waals surface area contributed by atoms with E-state index in [1.54, 1.807) is 24.3 Å². The summed E-state index contributed by atoms with van der Waals surface area (Å²) in [6, 6.07) is 6.72. The Morgan fingerprint density at radius 3 is 2.41 bits per heavy atom. The first kappa shape index (κ1) is 13.8. The Bertz CT molecular complexity index is 496. The molecule has 0 amide bonds. The molecule has 0 fully saturated rings. The van der Waals surface area contributed by atoms with Gasteiger partial charge in [-0.25, -0.2) is 0 Å². The van der Waals surface area contributed by atoms with Gasteiger partial charge in [-0.05, 0) is 31.2 Å². The molecule has 1 aromatic rings. The molecular weight excluding hydrogens is 266 g/mol. The molecule has 0 N–H and O–H groups in total. The molecule has 17 heavy (non-hydrogen) atoms. The Labute approximate surface area is 105 Å². The second kappa shape index (κ2) is 5.88. The molecule has 7 heteroatoms. The Kier molecular flexibility index (Phi) is 4.77. The van der Waals surface area contributed by atoms with Crippen LogP contribution in [0.2, 0.25) is 0 Å². The van der Waals surface area contributed by atoms with Gasteiger partial charge >= 0.3 is 10.1 Å². The normalized spacial score (nSPS) is 12.3. The van der Waals surface area contributed by atoms with E-state index >= 15 is 0 Å². The van der Waals surface area contributed by atoms with Crippen LogP contribution in [0.3, 0.4) is 0 Å². The van der Waals surface area contributed by atoms with Crippen molar-refractivity contribution in [3.8, 4) is 5.75 Å². The van der Waals surface area contributed by atoms with E-state index in [9.17, 15) is 8.42 Å². The minimum absolute atomic E-state index is 0.0431. The van der Waals surface area contributed by atoms with E-state index in [4.69, 9.17) is 16.3 Å². The summed E-state index contributed by atoms with van der Waals surface area (Å²) in [5.41, 5.74) is 0.541. The Balaban J connectivity index is 2.79. The first-order valence-electron chi connectivity index (χ1n) is 4.77. The maximum Gasteiger partial charge on any atom is 0.325 e. The summed E-state index contributed by atoms with van der Waals surface area (Å²) in [6.07, 6.45) is 0.888. The first-order chi connectivity index (χ1) is 7.92. The Morgan fingerprint density at radius 1 is 1.35 bits per heavy atom. The summed E-state index contributed by atoms with van der Waals surface area (Å²) in [6.45, 7) is 2.45. The molecule has 0 aliphatic rings. The van der Waals surface area contributed by atoms with Crippen LogP contribution in [0.25, 0.3) is 0 Å². The minimum Gasteiger partial charge on any atom is -0.494 e. The van der Waals surface area contributed by atoms with Crippen molar-refractivity contribution in [2.45, 2.75) is 6.92 Å². The molecule has 1 rings (SSSR count). The largest absolute Gasteiger partial charge is 0.494 e. The lowest BCUT2D eigenvalue weighted by Crippen LogP contribution is -2.00. The average molecular weight is 278 g/mol. The third kappa shape index (κ3) is 5.06. The van der Waals surface area contributed by atoms with E-state index in [0.717, 1.165) is 6.26 Å². The van der Waals surface area contributed by atoms with Crippen LogP contribution in [0.4, 0.5) is 0 Å². The van der Waals surface area contributed by atoms with Crippen LogP contribution in [-0.2, 0) is 14.4 Å². The van der Waals surface area contributed by atoms with Gasteiger partial charge in [0, 0.05) is 5.56 Å². The van der Waals surface area contributed by atoms with Crippen LogP contribution in [0, 0.1) is 0 Å². The van der Waals surface area contributed by atoms with Crippen molar-refractivity contribution in [2.24, 2.45) is 5.16 Å². The number of hydrogen-bond donors (Lipinski definition) is 0.